The first-order valence-electron chi connectivity index (χ1n) is 14.8. The van der Waals surface area contributed by atoms with Crippen LogP contribution in [0.15, 0.2) is 102 Å². The maximum absolute atomic E-state index is 15.8. The van der Waals surface area contributed by atoms with E-state index in [1.165, 1.54) is 17.3 Å². The highest BCUT2D eigenvalue weighted by molar-refractivity contribution is 7.86. The quantitative estimate of drug-likeness (QED) is 0.164. The highest BCUT2D eigenvalue weighted by atomic mass is 32.2. The molecule has 2 aliphatic heterocycles. The van der Waals surface area contributed by atoms with Gasteiger partial charge < -0.3 is 24.9 Å². The lowest BCUT2D eigenvalue weighted by atomic mass is 9.70. The number of carbonyl (C=O) groups excluding carboxylic acids is 2. The van der Waals surface area contributed by atoms with Crippen LogP contribution in [0.3, 0.4) is 0 Å². The SMILES string of the molecule is CCOc1ccccc1C1(C2CNc3ccccc32)C(=O)[N+](C(=O)[O-])(S(=O)(=O)c2ccc([N+](=O)[O-])cc2)CC(C#N)N1c1ccncc1. The minimum Gasteiger partial charge on any atom is -0.497 e. The first-order valence-corrected chi connectivity index (χ1v) is 16.3. The number of nitro benzene ring substituents is 1. The Bertz CT molecular complexity index is 2070. The van der Waals surface area contributed by atoms with Gasteiger partial charge in [-0.1, -0.05) is 40.3 Å². The van der Waals surface area contributed by atoms with E-state index in [1.54, 1.807) is 67.6 Å². The third-order valence-electron chi connectivity index (χ3n) is 8.85. The molecule has 2 aliphatic rings. The second kappa shape index (κ2) is 12.1. The van der Waals surface area contributed by atoms with Crippen molar-refractivity contribution in [1.82, 2.24) is 4.98 Å². The number of rotatable bonds is 8. The smallest absolute Gasteiger partial charge is 0.366 e. The normalized spacial score (nSPS) is 23.4. The number of piperazine rings is 1. The van der Waals surface area contributed by atoms with Gasteiger partial charge in [-0.15, -0.1) is 0 Å². The minimum absolute atomic E-state index is 0.0376. The van der Waals surface area contributed by atoms with Crippen LogP contribution in [0.1, 0.15) is 24.0 Å². The molecule has 6 rings (SSSR count). The molecule has 4 unspecified atom stereocenters. The topological polar surface area (TPSA) is 196 Å². The van der Waals surface area contributed by atoms with Gasteiger partial charge in [0.15, 0.2) is 11.6 Å². The average Bonchev–Trinajstić information content (AvgIpc) is 3.53. The van der Waals surface area contributed by atoms with Crippen LogP contribution < -0.4 is 20.1 Å². The number of nitrogens with zero attached hydrogens (tertiary/aromatic N) is 5. The molecule has 0 radical (unpaired) electrons. The van der Waals surface area contributed by atoms with Crippen molar-refractivity contribution >= 4 is 39.1 Å². The minimum atomic E-state index is -5.32. The fourth-order valence-corrected chi connectivity index (χ4v) is 8.60. The van der Waals surface area contributed by atoms with Gasteiger partial charge in [-0.25, -0.2) is 4.79 Å². The zero-order chi connectivity index (χ0) is 34.3. The summed E-state index contributed by atoms with van der Waals surface area (Å²) in [5, 5.41) is 38.9. The lowest BCUT2D eigenvalue weighted by Crippen LogP contribution is -2.81. The highest BCUT2D eigenvalue weighted by Gasteiger charge is 2.73. The van der Waals surface area contributed by atoms with Gasteiger partial charge in [-0.2, -0.15) is 13.7 Å². The molecule has 1 saturated heterocycles. The molecule has 15 heteroatoms. The number of non-ortho nitro benzene ring substituents is 1. The number of benzene rings is 3. The number of hydrogen-bond donors (Lipinski definition) is 1. The number of para-hydroxylation sites is 2. The number of ether oxygens (including phenoxy) is 1. The number of pyridine rings is 1. The largest absolute Gasteiger partial charge is 0.497 e. The molecule has 244 valence electrons. The number of carbonyl (C=O) groups is 2. The molecule has 3 aromatic carbocycles. The summed E-state index contributed by atoms with van der Waals surface area (Å²) in [5.41, 5.74) is -1.09. The first-order chi connectivity index (χ1) is 23.0. The Morgan fingerprint density at radius 3 is 2.42 bits per heavy atom. The van der Waals surface area contributed by atoms with E-state index in [1.807, 2.05) is 0 Å². The Morgan fingerprint density at radius 2 is 1.77 bits per heavy atom. The Labute approximate surface area is 275 Å². The maximum Gasteiger partial charge on any atom is 0.366 e. The molecular formula is C33H28N6O8S. The Hall–Kier alpha value is -5.85. The lowest BCUT2D eigenvalue weighted by Gasteiger charge is -2.55. The molecule has 2 amide bonds. The molecule has 1 fully saturated rings. The van der Waals surface area contributed by atoms with E-state index < -0.39 is 65.5 Å². The fraction of sp³-hybridized carbons (Fsp3) is 0.212. The monoisotopic (exact) mass is 668 g/mol. The predicted octanol–water partition coefficient (Wildman–Crippen LogP) is 3.28. The van der Waals surface area contributed by atoms with Crippen LogP contribution >= 0.6 is 0 Å². The molecule has 0 spiro atoms. The van der Waals surface area contributed by atoms with E-state index in [9.17, 15) is 33.7 Å². The van der Waals surface area contributed by atoms with Gasteiger partial charge in [0.2, 0.25) is 0 Å². The number of carboxylic acid groups (broad SMARTS) is 1. The van der Waals surface area contributed by atoms with E-state index in [0.717, 1.165) is 24.3 Å². The number of fused-ring (bicyclic) bond motifs is 1. The number of quaternary nitrogens is 1. The summed E-state index contributed by atoms with van der Waals surface area (Å²) in [7, 11) is -5.32. The Morgan fingerprint density at radius 1 is 1.10 bits per heavy atom. The molecule has 1 aromatic heterocycles. The number of hydrogen-bond acceptors (Lipinski definition) is 12. The molecule has 4 atom stereocenters. The van der Waals surface area contributed by atoms with E-state index in [0.29, 0.717) is 16.9 Å². The average molecular weight is 669 g/mol. The standard InChI is InChI=1S/C33H28N6O8S/c1-2-47-30-10-6-4-8-27(30)33(28-20-36-29-9-5-3-7-26(28)29)31(40)39(32(41)42,21-24(19-34)37(33)22-15-17-35-18-16-22)48(45,46)25-13-11-23(12-14-25)38(43)44/h3-18,24,28,36H,2,20-21H2,1H3. The zero-order valence-corrected chi connectivity index (χ0v) is 26.2. The van der Waals surface area contributed by atoms with Crippen molar-refractivity contribution in [2.45, 2.75) is 29.3 Å². The van der Waals surface area contributed by atoms with Gasteiger partial charge in [-0.3, -0.25) is 15.1 Å². The number of sulfonamides is 1. The van der Waals surface area contributed by atoms with Crippen molar-refractivity contribution in [3.8, 4) is 11.8 Å². The number of imide groups is 1. The first kappa shape index (κ1) is 32.1. The predicted molar refractivity (Wildman–Crippen MR) is 169 cm³/mol. The third-order valence-corrected chi connectivity index (χ3v) is 11.0. The van der Waals surface area contributed by atoms with Crippen molar-refractivity contribution in [2.75, 3.05) is 29.9 Å². The summed E-state index contributed by atoms with van der Waals surface area (Å²) in [6.07, 6.45) is 0.597. The van der Waals surface area contributed by atoms with E-state index in [4.69, 9.17) is 4.74 Å². The van der Waals surface area contributed by atoms with Crippen molar-refractivity contribution in [1.29, 1.82) is 5.26 Å². The zero-order valence-electron chi connectivity index (χ0n) is 25.4. The van der Waals surface area contributed by atoms with Crippen molar-refractivity contribution in [3.63, 3.8) is 0 Å². The molecule has 14 nitrogen and oxygen atoms in total. The summed E-state index contributed by atoms with van der Waals surface area (Å²) >= 11 is 0. The maximum atomic E-state index is 15.8. The van der Waals surface area contributed by atoms with Gasteiger partial charge in [0.1, 0.15) is 17.2 Å². The van der Waals surface area contributed by atoms with Crippen LogP contribution in [0.25, 0.3) is 0 Å². The van der Waals surface area contributed by atoms with E-state index >= 15 is 4.79 Å². The number of amides is 2. The number of aromatic nitrogens is 1. The molecule has 1 N–H and O–H groups in total. The van der Waals surface area contributed by atoms with Crippen LogP contribution in [0.2, 0.25) is 0 Å². The summed E-state index contributed by atoms with van der Waals surface area (Å²) in [6, 6.07) is 20.6. The van der Waals surface area contributed by atoms with Gasteiger partial charge in [0, 0.05) is 53.9 Å². The molecule has 4 aromatic rings. The van der Waals surface area contributed by atoms with E-state index in [2.05, 4.69) is 16.4 Å². The van der Waals surface area contributed by atoms with Crippen LogP contribution in [0.5, 0.6) is 5.75 Å². The number of nitro groups is 1. The summed E-state index contributed by atoms with van der Waals surface area (Å²) in [6.45, 7) is 0.826. The molecule has 0 saturated carbocycles. The lowest BCUT2D eigenvalue weighted by molar-refractivity contribution is -0.693. The van der Waals surface area contributed by atoms with Crippen LogP contribution in [-0.4, -0.2) is 60.0 Å². The number of nitrogens with one attached hydrogen (secondary N) is 1. The Kier molecular flexibility index (Phi) is 8.07. The molecule has 48 heavy (non-hydrogen) atoms. The third kappa shape index (κ3) is 4.56. The van der Waals surface area contributed by atoms with Crippen molar-refractivity contribution in [3.05, 3.63) is 119 Å². The summed E-state index contributed by atoms with van der Waals surface area (Å²) in [4.78, 5) is 44.8. The van der Waals surface area contributed by atoms with Crippen LogP contribution in [-0.2, 0) is 20.4 Å². The van der Waals surface area contributed by atoms with Crippen LogP contribution in [0.4, 0.5) is 21.9 Å². The fourth-order valence-electron chi connectivity index (χ4n) is 6.87. The number of nitriles is 1. The molecule has 0 bridgehead atoms. The van der Waals surface area contributed by atoms with Crippen molar-refractivity contribution in [2.24, 2.45) is 0 Å². The van der Waals surface area contributed by atoms with Crippen LogP contribution in [0, 0.1) is 21.4 Å². The molecule has 3 heterocycles. The van der Waals surface area contributed by atoms with Crippen molar-refractivity contribution < 1.29 is 36.7 Å². The van der Waals surface area contributed by atoms with Gasteiger partial charge in [0.05, 0.1) is 17.6 Å². The summed E-state index contributed by atoms with van der Waals surface area (Å²) in [5.74, 6) is -2.16. The second-order valence-electron chi connectivity index (χ2n) is 11.2. The second-order valence-corrected chi connectivity index (χ2v) is 13.2. The van der Waals surface area contributed by atoms with Gasteiger partial charge in [-0.05, 0) is 48.9 Å². The highest BCUT2D eigenvalue weighted by Crippen LogP contribution is 2.56. The molecule has 0 aliphatic carbocycles. The summed E-state index contributed by atoms with van der Waals surface area (Å²) < 4.78 is 33.1. The Balaban J connectivity index is 1.77. The molecular weight excluding hydrogens is 640 g/mol. The van der Waals surface area contributed by atoms with E-state index in [-0.39, 0.29) is 24.5 Å². The van der Waals surface area contributed by atoms with Gasteiger partial charge >= 0.3 is 15.9 Å². The number of anilines is 2. The van der Waals surface area contributed by atoms with Gasteiger partial charge in [0.25, 0.3) is 11.8 Å².